The van der Waals surface area contributed by atoms with Crippen LogP contribution in [0.15, 0.2) is 59.6 Å². The summed E-state index contributed by atoms with van der Waals surface area (Å²) in [5, 5.41) is 6.78. The maximum absolute atomic E-state index is 5.82. The van der Waals surface area contributed by atoms with E-state index in [0.717, 1.165) is 45.1 Å². The zero-order valence-corrected chi connectivity index (χ0v) is 17.9. The van der Waals surface area contributed by atoms with Crippen molar-refractivity contribution in [3.8, 4) is 0 Å². The van der Waals surface area contributed by atoms with Gasteiger partial charge in [0.2, 0.25) is 0 Å². The zero-order chi connectivity index (χ0) is 20.5. The molecule has 1 heterocycles. The second-order valence-electron chi connectivity index (χ2n) is 7.86. The van der Waals surface area contributed by atoms with Gasteiger partial charge in [0.05, 0.1) is 12.2 Å². The van der Waals surface area contributed by atoms with Crippen LogP contribution in [0.5, 0.6) is 0 Å². The SMILES string of the molecule is CN=C(NCCc1ccccc1)NCc1ccc(CN2CC(C)OC(C)C2)cc1. The van der Waals surface area contributed by atoms with E-state index in [1.807, 2.05) is 13.1 Å². The van der Waals surface area contributed by atoms with E-state index in [9.17, 15) is 0 Å². The van der Waals surface area contributed by atoms with E-state index in [-0.39, 0.29) is 0 Å². The number of ether oxygens (including phenoxy) is 1. The molecule has 0 amide bonds. The molecule has 1 aliphatic heterocycles. The Kier molecular flexibility index (Phi) is 8.08. The summed E-state index contributed by atoms with van der Waals surface area (Å²) in [6.07, 6.45) is 1.60. The lowest BCUT2D eigenvalue weighted by molar-refractivity contribution is -0.0704. The van der Waals surface area contributed by atoms with Crippen LogP contribution in [0.25, 0.3) is 0 Å². The van der Waals surface area contributed by atoms with E-state index in [1.165, 1.54) is 16.7 Å². The number of hydrogen-bond donors (Lipinski definition) is 2. The fourth-order valence-electron chi connectivity index (χ4n) is 3.81. The van der Waals surface area contributed by atoms with Crippen LogP contribution in [-0.2, 0) is 24.2 Å². The Bertz CT molecular complexity index is 750. The molecular weight excluding hydrogens is 360 g/mol. The van der Waals surface area contributed by atoms with Crippen molar-refractivity contribution >= 4 is 5.96 Å². The van der Waals surface area contributed by atoms with Crippen molar-refractivity contribution in [2.75, 3.05) is 26.7 Å². The van der Waals surface area contributed by atoms with Crippen molar-refractivity contribution < 1.29 is 4.74 Å². The summed E-state index contributed by atoms with van der Waals surface area (Å²) < 4.78 is 5.82. The van der Waals surface area contributed by atoms with Gasteiger partial charge in [-0.3, -0.25) is 9.89 Å². The molecule has 3 rings (SSSR count). The minimum Gasteiger partial charge on any atom is -0.373 e. The number of nitrogens with zero attached hydrogens (tertiary/aromatic N) is 2. The van der Waals surface area contributed by atoms with E-state index in [1.54, 1.807) is 0 Å². The molecule has 2 atom stereocenters. The third kappa shape index (κ3) is 7.18. The number of morpholine rings is 1. The van der Waals surface area contributed by atoms with E-state index in [4.69, 9.17) is 4.74 Å². The second kappa shape index (κ2) is 11.0. The minimum absolute atomic E-state index is 0.309. The van der Waals surface area contributed by atoms with E-state index >= 15 is 0 Å². The van der Waals surface area contributed by atoms with E-state index in [0.29, 0.717) is 12.2 Å². The molecule has 0 saturated carbocycles. The summed E-state index contributed by atoms with van der Waals surface area (Å²) in [6.45, 7) is 8.90. The molecule has 29 heavy (non-hydrogen) atoms. The van der Waals surface area contributed by atoms with Gasteiger partial charge >= 0.3 is 0 Å². The molecule has 0 aromatic heterocycles. The Morgan fingerprint density at radius 3 is 2.24 bits per heavy atom. The van der Waals surface area contributed by atoms with Crippen LogP contribution in [0.3, 0.4) is 0 Å². The fourth-order valence-corrected chi connectivity index (χ4v) is 3.81. The predicted octanol–water partition coefficient (Wildman–Crippen LogP) is 3.20. The molecule has 1 fully saturated rings. The molecular formula is C24H34N4O. The van der Waals surface area contributed by atoms with Crippen molar-refractivity contribution in [2.24, 2.45) is 4.99 Å². The third-order valence-corrected chi connectivity index (χ3v) is 5.16. The Labute approximate surface area is 175 Å². The van der Waals surface area contributed by atoms with Gasteiger partial charge in [0, 0.05) is 39.8 Å². The number of hydrogen-bond acceptors (Lipinski definition) is 3. The highest BCUT2D eigenvalue weighted by Gasteiger charge is 2.21. The Morgan fingerprint density at radius 1 is 0.931 bits per heavy atom. The molecule has 156 valence electrons. The molecule has 5 nitrogen and oxygen atoms in total. The van der Waals surface area contributed by atoms with Gasteiger partial charge in [-0.05, 0) is 37.0 Å². The average molecular weight is 395 g/mol. The Morgan fingerprint density at radius 2 is 1.59 bits per heavy atom. The molecule has 2 aromatic rings. The van der Waals surface area contributed by atoms with Crippen molar-refractivity contribution in [1.29, 1.82) is 0 Å². The Balaban J connectivity index is 1.41. The van der Waals surface area contributed by atoms with E-state index in [2.05, 4.69) is 82.9 Å². The van der Waals surface area contributed by atoms with Crippen LogP contribution in [0.1, 0.15) is 30.5 Å². The summed E-state index contributed by atoms with van der Waals surface area (Å²) in [5.41, 5.74) is 3.93. The van der Waals surface area contributed by atoms with Crippen molar-refractivity contribution in [1.82, 2.24) is 15.5 Å². The number of rotatable bonds is 7. The van der Waals surface area contributed by atoms with Crippen LogP contribution in [-0.4, -0.2) is 49.7 Å². The summed E-state index contributed by atoms with van der Waals surface area (Å²) in [7, 11) is 1.81. The standard InChI is InChI=1S/C24H34N4O/c1-19-16-28(17-20(2)29-19)18-23-11-9-22(10-12-23)15-27-24(25-3)26-14-13-21-7-5-4-6-8-21/h4-12,19-20H,13-18H2,1-3H3,(H2,25,26,27). The first-order chi connectivity index (χ1) is 14.1. The maximum atomic E-state index is 5.82. The predicted molar refractivity (Wildman–Crippen MR) is 120 cm³/mol. The molecule has 0 bridgehead atoms. The van der Waals surface area contributed by atoms with Crippen LogP contribution in [0.2, 0.25) is 0 Å². The molecule has 2 N–H and O–H groups in total. The lowest BCUT2D eigenvalue weighted by atomic mass is 10.1. The highest BCUT2D eigenvalue weighted by atomic mass is 16.5. The van der Waals surface area contributed by atoms with Gasteiger partial charge in [-0.25, -0.2) is 0 Å². The van der Waals surface area contributed by atoms with Crippen LogP contribution >= 0.6 is 0 Å². The van der Waals surface area contributed by atoms with Gasteiger partial charge in [-0.1, -0.05) is 54.6 Å². The van der Waals surface area contributed by atoms with Gasteiger partial charge in [0.1, 0.15) is 0 Å². The first-order valence-corrected chi connectivity index (χ1v) is 10.6. The molecule has 2 unspecified atom stereocenters. The largest absolute Gasteiger partial charge is 0.373 e. The highest BCUT2D eigenvalue weighted by molar-refractivity contribution is 5.79. The highest BCUT2D eigenvalue weighted by Crippen LogP contribution is 2.14. The maximum Gasteiger partial charge on any atom is 0.191 e. The molecule has 0 radical (unpaired) electrons. The number of aliphatic imine (C=N–C) groups is 1. The van der Waals surface area contributed by atoms with Gasteiger partial charge in [-0.2, -0.15) is 0 Å². The van der Waals surface area contributed by atoms with Crippen molar-refractivity contribution in [3.63, 3.8) is 0 Å². The van der Waals surface area contributed by atoms with Gasteiger partial charge in [0.15, 0.2) is 5.96 Å². The minimum atomic E-state index is 0.309. The lowest BCUT2D eigenvalue weighted by Crippen LogP contribution is -2.44. The van der Waals surface area contributed by atoms with Crippen LogP contribution in [0, 0.1) is 0 Å². The topological polar surface area (TPSA) is 48.9 Å². The lowest BCUT2D eigenvalue weighted by Gasteiger charge is -2.35. The van der Waals surface area contributed by atoms with E-state index < -0.39 is 0 Å². The fraction of sp³-hybridized carbons (Fsp3) is 0.458. The normalized spacial score (nSPS) is 20.4. The van der Waals surface area contributed by atoms with Gasteiger partial charge < -0.3 is 15.4 Å². The molecule has 5 heteroatoms. The number of nitrogens with one attached hydrogen (secondary N) is 2. The summed E-state index contributed by atoms with van der Waals surface area (Å²) in [6, 6.07) is 19.4. The van der Waals surface area contributed by atoms with Crippen molar-refractivity contribution in [3.05, 3.63) is 71.3 Å². The first kappa shape index (κ1) is 21.3. The quantitative estimate of drug-likeness (QED) is 0.559. The summed E-state index contributed by atoms with van der Waals surface area (Å²) >= 11 is 0. The number of benzene rings is 2. The molecule has 1 aliphatic rings. The van der Waals surface area contributed by atoms with Crippen molar-refractivity contribution in [2.45, 2.75) is 45.6 Å². The number of guanidine groups is 1. The molecule has 0 spiro atoms. The zero-order valence-electron chi connectivity index (χ0n) is 17.9. The summed E-state index contributed by atoms with van der Waals surface area (Å²) in [4.78, 5) is 6.80. The summed E-state index contributed by atoms with van der Waals surface area (Å²) in [5.74, 6) is 0.835. The second-order valence-corrected chi connectivity index (χ2v) is 7.86. The molecule has 0 aliphatic carbocycles. The molecule has 2 aromatic carbocycles. The van der Waals surface area contributed by atoms with Gasteiger partial charge in [-0.15, -0.1) is 0 Å². The smallest absolute Gasteiger partial charge is 0.191 e. The Hall–Kier alpha value is -2.37. The first-order valence-electron chi connectivity index (χ1n) is 10.6. The van der Waals surface area contributed by atoms with Crippen LogP contribution in [0.4, 0.5) is 0 Å². The third-order valence-electron chi connectivity index (χ3n) is 5.16. The molecule has 1 saturated heterocycles. The van der Waals surface area contributed by atoms with Crippen LogP contribution < -0.4 is 10.6 Å². The average Bonchev–Trinajstić information content (AvgIpc) is 2.71. The monoisotopic (exact) mass is 394 g/mol. The van der Waals surface area contributed by atoms with Gasteiger partial charge in [0.25, 0.3) is 0 Å².